The van der Waals surface area contributed by atoms with Gasteiger partial charge in [0.05, 0.1) is 11.4 Å². The smallest absolute Gasteiger partial charge is 0.187 e. The van der Waals surface area contributed by atoms with Crippen LogP contribution in [0.15, 0.2) is 54.6 Å². The first-order valence-electron chi connectivity index (χ1n) is 7.58. The Morgan fingerprint density at radius 3 is 2.70 bits per heavy atom. The van der Waals surface area contributed by atoms with Gasteiger partial charge in [-0.1, -0.05) is 29.8 Å². The molecule has 0 bridgehead atoms. The maximum atomic E-state index is 12.5. The van der Waals surface area contributed by atoms with Gasteiger partial charge >= 0.3 is 0 Å². The molecule has 2 aromatic carbocycles. The fraction of sp³-hybridized carbons (Fsp3) is 0.105. The van der Waals surface area contributed by atoms with Crippen LogP contribution in [0.2, 0.25) is 5.02 Å². The molecule has 4 heteroatoms. The minimum Gasteiger partial charge on any atom is -0.383 e. The maximum Gasteiger partial charge on any atom is 0.187 e. The normalized spacial score (nSPS) is 15.4. The second-order valence-electron chi connectivity index (χ2n) is 5.63. The summed E-state index contributed by atoms with van der Waals surface area (Å²) in [5.74, 6) is -0.0318. The zero-order valence-electron chi connectivity index (χ0n) is 12.4. The van der Waals surface area contributed by atoms with Crippen molar-refractivity contribution in [2.24, 2.45) is 0 Å². The summed E-state index contributed by atoms with van der Waals surface area (Å²) in [6.07, 6.45) is 2.61. The first-order chi connectivity index (χ1) is 11.2. The number of hydrogen-bond donors (Lipinski definition) is 2. The van der Waals surface area contributed by atoms with Crippen molar-refractivity contribution in [1.29, 1.82) is 0 Å². The zero-order chi connectivity index (χ0) is 15.8. The summed E-state index contributed by atoms with van der Waals surface area (Å²) in [4.78, 5) is 15.9. The molecule has 3 aromatic rings. The summed E-state index contributed by atoms with van der Waals surface area (Å²) >= 11 is 5.88. The van der Waals surface area contributed by atoms with E-state index in [2.05, 4.69) is 22.4 Å². The van der Waals surface area contributed by atoms with Gasteiger partial charge in [-0.15, -0.1) is 0 Å². The lowest BCUT2D eigenvalue weighted by molar-refractivity contribution is 0.104. The van der Waals surface area contributed by atoms with E-state index in [1.54, 1.807) is 30.3 Å². The van der Waals surface area contributed by atoms with E-state index in [0.29, 0.717) is 10.6 Å². The predicted octanol–water partition coefficient (Wildman–Crippen LogP) is 4.19. The number of allylic oxidation sites excluding steroid dienone is 1. The third kappa shape index (κ3) is 2.53. The molecule has 0 radical (unpaired) electrons. The van der Waals surface area contributed by atoms with Crippen LogP contribution < -0.4 is 5.32 Å². The average Bonchev–Trinajstić information content (AvgIpc) is 2.95. The number of hydrogen-bond acceptors (Lipinski definition) is 2. The fourth-order valence-corrected chi connectivity index (χ4v) is 3.18. The molecule has 1 aliphatic rings. The lowest BCUT2D eigenvalue weighted by Gasteiger charge is -2.17. The molecule has 0 aliphatic carbocycles. The molecule has 2 heterocycles. The Morgan fingerprint density at radius 2 is 1.87 bits per heavy atom. The summed E-state index contributed by atoms with van der Waals surface area (Å²) in [7, 11) is 0. The molecule has 0 saturated heterocycles. The van der Waals surface area contributed by atoms with Gasteiger partial charge in [0.25, 0.3) is 0 Å². The Kier molecular flexibility index (Phi) is 3.43. The Hall–Kier alpha value is -2.52. The Labute approximate surface area is 139 Å². The number of nitrogens with one attached hydrogen (secondary N) is 2. The minimum atomic E-state index is -0.0318. The number of rotatable bonds is 2. The number of benzene rings is 2. The lowest BCUT2D eigenvalue weighted by atomic mass is 10.0. The van der Waals surface area contributed by atoms with Gasteiger partial charge in [-0.3, -0.25) is 4.79 Å². The third-order valence-electron chi connectivity index (χ3n) is 4.18. The van der Waals surface area contributed by atoms with Crippen LogP contribution >= 0.6 is 11.6 Å². The summed E-state index contributed by atoms with van der Waals surface area (Å²) in [5, 5.41) is 5.19. The number of carbonyl (C=O) groups is 1. The van der Waals surface area contributed by atoms with Crippen molar-refractivity contribution >= 4 is 34.0 Å². The Bertz CT molecular complexity index is 922. The van der Waals surface area contributed by atoms with Crippen LogP contribution in [0.3, 0.4) is 0 Å². The molecule has 1 aromatic heterocycles. The summed E-state index contributed by atoms with van der Waals surface area (Å²) in [6.45, 7) is 0.828. The van der Waals surface area contributed by atoms with Crippen molar-refractivity contribution in [2.45, 2.75) is 6.42 Å². The molecule has 2 N–H and O–H groups in total. The maximum absolute atomic E-state index is 12.5. The average molecular weight is 323 g/mol. The highest BCUT2D eigenvalue weighted by atomic mass is 35.5. The monoisotopic (exact) mass is 322 g/mol. The van der Waals surface area contributed by atoms with Gasteiger partial charge in [0.15, 0.2) is 5.78 Å². The number of aromatic nitrogens is 1. The highest BCUT2D eigenvalue weighted by Gasteiger charge is 2.19. The van der Waals surface area contributed by atoms with E-state index in [-0.39, 0.29) is 5.78 Å². The second-order valence-corrected chi connectivity index (χ2v) is 6.07. The first-order valence-corrected chi connectivity index (χ1v) is 7.95. The summed E-state index contributed by atoms with van der Waals surface area (Å²) in [5.41, 5.74) is 4.87. The van der Waals surface area contributed by atoms with E-state index in [1.165, 1.54) is 10.9 Å². The molecule has 3 nitrogen and oxygen atoms in total. The van der Waals surface area contributed by atoms with Crippen molar-refractivity contribution in [2.75, 3.05) is 6.54 Å². The van der Waals surface area contributed by atoms with Crippen LogP contribution in [0.1, 0.15) is 21.6 Å². The number of H-pyrrole nitrogens is 1. The second kappa shape index (κ2) is 5.60. The fourth-order valence-electron chi connectivity index (χ4n) is 3.05. The Balaban J connectivity index is 1.76. The molecule has 23 heavy (non-hydrogen) atoms. The molecule has 0 spiro atoms. The van der Waals surface area contributed by atoms with Crippen molar-refractivity contribution in [3.05, 3.63) is 76.5 Å². The van der Waals surface area contributed by atoms with E-state index in [1.807, 2.05) is 12.1 Å². The van der Waals surface area contributed by atoms with Crippen LogP contribution in [0.5, 0.6) is 0 Å². The van der Waals surface area contributed by atoms with Crippen LogP contribution in [-0.4, -0.2) is 17.3 Å². The molecular formula is C19H15ClN2O. The molecule has 0 unspecified atom stereocenters. The van der Waals surface area contributed by atoms with Crippen LogP contribution in [-0.2, 0) is 6.42 Å². The van der Waals surface area contributed by atoms with E-state index in [0.717, 1.165) is 29.9 Å². The highest BCUT2D eigenvalue weighted by molar-refractivity contribution is 6.30. The van der Waals surface area contributed by atoms with Crippen molar-refractivity contribution in [3.8, 4) is 0 Å². The first kappa shape index (κ1) is 14.1. The molecule has 0 saturated carbocycles. The number of para-hydroxylation sites is 1. The topological polar surface area (TPSA) is 44.9 Å². The SMILES string of the molecule is O=C(/C=C1\NCCc2c1[nH]c1ccccc21)c1ccc(Cl)cc1. The van der Waals surface area contributed by atoms with Crippen molar-refractivity contribution < 1.29 is 4.79 Å². The van der Waals surface area contributed by atoms with Gasteiger partial charge < -0.3 is 10.3 Å². The molecule has 0 fully saturated rings. The van der Waals surface area contributed by atoms with Gasteiger partial charge in [-0.05, 0) is 42.3 Å². The quantitative estimate of drug-likeness (QED) is 0.549. The molecular weight excluding hydrogens is 308 g/mol. The molecule has 0 amide bonds. The minimum absolute atomic E-state index is 0.0318. The van der Waals surface area contributed by atoms with E-state index in [9.17, 15) is 4.79 Å². The number of aromatic amines is 1. The lowest BCUT2D eigenvalue weighted by Crippen LogP contribution is -2.23. The Morgan fingerprint density at radius 1 is 1.09 bits per heavy atom. The summed E-state index contributed by atoms with van der Waals surface area (Å²) in [6, 6.07) is 15.2. The molecule has 4 rings (SSSR count). The number of fused-ring (bicyclic) bond motifs is 3. The van der Waals surface area contributed by atoms with Crippen molar-refractivity contribution in [1.82, 2.24) is 10.3 Å². The van der Waals surface area contributed by atoms with Gasteiger partial charge in [-0.2, -0.15) is 0 Å². The number of ketones is 1. The third-order valence-corrected chi connectivity index (χ3v) is 4.43. The standard InChI is InChI=1S/C19H15ClN2O/c20-13-7-5-12(6-8-13)18(23)11-17-19-15(9-10-21-17)14-3-1-2-4-16(14)22-19/h1-8,11,21-22H,9-10H2/b17-11-. The summed E-state index contributed by atoms with van der Waals surface area (Å²) < 4.78 is 0. The van der Waals surface area contributed by atoms with Gasteiger partial charge in [0, 0.05) is 34.1 Å². The number of halogens is 1. The number of carbonyl (C=O) groups excluding carboxylic acids is 1. The van der Waals surface area contributed by atoms with Crippen LogP contribution in [0, 0.1) is 0 Å². The zero-order valence-corrected chi connectivity index (χ0v) is 13.2. The molecule has 0 atom stereocenters. The van der Waals surface area contributed by atoms with Crippen molar-refractivity contribution in [3.63, 3.8) is 0 Å². The van der Waals surface area contributed by atoms with Gasteiger partial charge in [-0.25, -0.2) is 0 Å². The van der Waals surface area contributed by atoms with E-state index < -0.39 is 0 Å². The van der Waals surface area contributed by atoms with E-state index in [4.69, 9.17) is 11.6 Å². The molecule has 1 aliphatic heterocycles. The largest absolute Gasteiger partial charge is 0.383 e. The van der Waals surface area contributed by atoms with Crippen LogP contribution in [0.4, 0.5) is 0 Å². The highest BCUT2D eigenvalue weighted by Crippen LogP contribution is 2.29. The van der Waals surface area contributed by atoms with E-state index >= 15 is 0 Å². The molecule has 114 valence electrons. The van der Waals surface area contributed by atoms with Gasteiger partial charge in [0.2, 0.25) is 0 Å². The van der Waals surface area contributed by atoms with Gasteiger partial charge in [0.1, 0.15) is 0 Å². The van der Waals surface area contributed by atoms with Crippen LogP contribution in [0.25, 0.3) is 16.6 Å². The predicted molar refractivity (Wildman–Crippen MR) is 93.8 cm³/mol.